The predicted molar refractivity (Wildman–Crippen MR) is 81.0 cm³/mol. The van der Waals surface area contributed by atoms with Crippen molar-refractivity contribution in [2.75, 3.05) is 6.61 Å². The Hall–Kier alpha value is -2.63. The van der Waals surface area contributed by atoms with E-state index in [1.807, 2.05) is 19.1 Å². The molecule has 0 saturated heterocycles. The van der Waals surface area contributed by atoms with Crippen LogP contribution < -0.4 is 15.4 Å². The van der Waals surface area contributed by atoms with Crippen molar-refractivity contribution in [1.82, 2.24) is 15.6 Å². The van der Waals surface area contributed by atoms with Gasteiger partial charge in [-0.05, 0) is 48.9 Å². The summed E-state index contributed by atoms with van der Waals surface area (Å²) in [6, 6.07) is 8.97. The lowest BCUT2D eigenvalue weighted by atomic mass is 10.3. The molecule has 0 aliphatic carbocycles. The van der Waals surface area contributed by atoms with Gasteiger partial charge in [-0.3, -0.25) is 4.98 Å². The number of carbonyl (C=O) groups excluding carboxylic acids is 1. The fourth-order valence-electron chi connectivity index (χ4n) is 1.75. The Morgan fingerprint density at radius 3 is 2.59 bits per heavy atom. The lowest BCUT2D eigenvalue weighted by molar-refractivity contribution is 0.226. The van der Waals surface area contributed by atoms with Gasteiger partial charge in [0.05, 0.1) is 6.04 Å². The van der Waals surface area contributed by atoms with Crippen LogP contribution >= 0.6 is 0 Å². The number of rotatable bonds is 6. The summed E-state index contributed by atoms with van der Waals surface area (Å²) < 4.78 is 18.2. The van der Waals surface area contributed by atoms with Crippen LogP contribution in [-0.4, -0.2) is 23.7 Å². The van der Waals surface area contributed by atoms with Crippen molar-refractivity contribution in [2.45, 2.75) is 19.5 Å². The zero-order valence-electron chi connectivity index (χ0n) is 12.3. The molecule has 0 aliphatic heterocycles. The van der Waals surface area contributed by atoms with Crippen molar-refractivity contribution in [1.29, 1.82) is 0 Å². The van der Waals surface area contributed by atoms with Gasteiger partial charge in [0.15, 0.2) is 0 Å². The Labute approximate surface area is 128 Å². The zero-order valence-corrected chi connectivity index (χ0v) is 12.3. The average molecular weight is 303 g/mol. The monoisotopic (exact) mass is 303 g/mol. The highest BCUT2D eigenvalue weighted by Gasteiger charge is 2.07. The molecule has 2 N–H and O–H groups in total. The van der Waals surface area contributed by atoms with Crippen molar-refractivity contribution in [3.63, 3.8) is 0 Å². The van der Waals surface area contributed by atoms with Crippen molar-refractivity contribution in [3.8, 4) is 5.75 Å². The van der Waals surface area contributed by atoms with E-state index < -0.39 is 0 Å². The molecule has 1 unspecified atom stereocenters. The predicted octanol–water partition coefficient (Wildman–Crippen LogP) is 2.49. The molecule has 5 nitrogen and oxygen atoms in total. The summed E-state index contributed by atoms with van der Waals surface area (Å²) in [5, 5.41) is 5.52. The molecule has 2 aromatic rings. The Kier molecular flexibility index (Phi) is 5.71. The molecule has 1 atom stereocenters. The van der Waals surface area contributed by atoms with Crippen molar-refractivity contribution < 1.29 is 13.9 Å². The molecule has 1 heterocycles. The number of hydrogen-bond donors (Lipinski definition) is 2. The number of ether oxygens (including phenoxy) is 1. The standard InChI is InChI=1S/C16H18FN3O2/c1-12(11-22-15-4-2-14(17)3-5-15)20-16(21)19-10-13-6-8-18-9-7-13/h2-9,12H,10-11H2,1H3,(H2,19,20,21). The molecule has 116 valence electrons. The number of pyridine rings is 1. The fourth-order valence-corrected chi connectivity index (χ4v) is 1.75. The highest BCUT2D eigenvalue weighted by atomic mass is 19.1. The Morgan fingerprint density at radius 2 is 1.91 bits per heavy atom. The Morgan fingerprint density at radius 1 is 1.23 bits per heavy atom. The fraction of sp³-hybridized carbons (Fsp3) is 0.250. The van der Waals surface area contributed by atoms with E-state index in [4.69, 9.17) is 4.74 Å². The summed E-state index contributed by atoms with van der Waals surface area (Å²) in [6.07, 6.45) is 3.35. The highest BCUT2D eigenvalue weighted by molar-refractivity contribution is 5.74. The molecule has 22 heavy (non-hydrogen) atoms. The SMILES string of the molecule is CC(COc1ccc(F)cc1)NC(=O)NCc1ccncc1. The molecule has 2 rings (SSSR count). The number of aromatic nitrogens is 1. The van der Waals surface area contributed by atoms with Crippen LogP contribution in [0.15, 0.2) is 48.8 Å². The van der Waals surface area contributed by atoms with Crippen LogP contribution in [0.4, 0.5) is 9.18 Å². The first-order chi connectivity index (χ1) is 10.6. The van der Waals surface area contributed by atoms with Crippen molar-refractivity contribution in [3.05, 3.63) is 60.2 Å². The molecule has 0 saturated carbocycles. The Balaban J connectivity index is 1.68. The largest absolute Gasteiger partial charge is 0.491 e. The van der Waals surface area contributed by atoms with Gasteiger partial charge < -0.3 is 15.4 Å². The van der Waals surface area contributed by atoms with Gasteiger partial charge in [-0.25, -0.2) is 9.18 Å². The lowest BCUT2D eigenvalue weighted by Gasteiger charge is -2.15. The molecule has 0 radical (unpaired) electrons. The lowest BCUT2D eigenvalue weighted by Crippen LogP contribution is -2.42. The first kappa shape index (κ1) is 15.8. The molecule has 0 aliphatic rings. The second-order valence-electron chi connectivity index (χ2n) is 4.85. The zero-order chi connectivity index (χ0) is 15.8. The first-order valence-corrected chi connectivity index (χ1v) is 6.95. The third-order valence-corrected chi connectivity index (χ3v) is 2.89. The smallest absolute Gasteiger partial charge is 0.315 e. The van der Waals surface area contributed by atoms with Gasteiger partial charge in [0, 0.05) is 18.9 Å². The van der Waals surface area contributed by atoms with Crippen molar-refractivity contribution in [2.24, 2.45) is 0 Å². The van der Waals surface area contributed by atoms with Crippen LogP contribution in [0.1, 0.15) is 12.5 Å². The maximum atomic E-state index is 12.8. The molecule has 6 heteroatoms. The number of carbonyl (C=O) groups is 1. The minimum atomic E-state index is -0.311. The quantitative estimate of drug-likeness (QED) is 0.862. The summed E-state index contributed by atoms with van der Waals surface area (Å²) >= 11 is 0. The highest BCUT2D eigenvalue weighted by Crippen LogP contribution is 2.11. The molecular weight excluding hydrogens is 285 g/mol. The maximum Gasteiger partial charge on any atom is 0.315 e. The van der Waals surface area contributed by atoms with E-state index in [0.717, 1.165) is 5.56 Å². The molecule has 2 amide bonds. The summed E-state index contributed by atoms with van der Waals surface area (Å²) in [5.41, 5.74) is 0.973. The first-order valence-electron chi connectivity index (χ1n) is 6.95. The van der Waals surface area contributed by atoms with Gasteiger partial charge >= 0.3 is 6.03 Å². The summed E-state index contributed by atoms with van der Waals surface area (Å²) in [6.45, 7) is 2.56. The van der Waals surface area contributed by atoms with E-state index in [9.17, 15) is 9.18 Å². The van der Waals surface area contributed by atoms with Crippen molar-refractivity contribution >= 4 is 6.03 Å². The topological polar surface area (TPSA) is 63.2 Å². The number of nitrogens with zero attached hydrogens (tertiary/aromatic N) is 1. The summed E-state index contributed by atoms with van der Waals surface area (Å²) in [7, 11) is 0. The second-order valence-corrected chi connectivity index (χ2v) is 4.85. The van der Waals surface area contributed by atoms with Crippen LogP contribution in [0.5, 0.6) is 5.75 Å². The molecule has 1 aromatic carbocycles. The number of amides is 2. The molecule has 0 bridgehead atoms. The molecule has 0 fully saturated rings. The Bertz CT molecular complexity index is 590. The third-order valence-electron chi connectivity index (χ3n) is 2.89. The molecular formula is C16H18FN3O2. The summed E-state index contributed by atoms with van der Waals surface area (Å²) in [4.78, 5) is 15.7. The minimum absolute atomic E-state index is 0.178. The minimum Gasteiger partial charge on any atom is -0.491 e. The van der Waals surface area contributed by atoms with Crippen LogP contribution in [0.2, 0.25) is 0 Å². The number of hydrogen-bond acceptors (Lipinski definition) is 3. The van der Waals surface area contributed by atoms with Crippen LogP contribution in [-0.2, 0) is 6.54 Å². The maximum absolute atomic E-state index is 12.8. The number of nitrogens with one attached hydrogen (secondary N) is 2. The van der Waals surface area contributed by atoms with E-state index in [0.29, 0.717) is 18.9 Å². The number of urea groups is 1. The van der Waals surface area contributed by atoms with Gasteiger partial charge in [0.2, 0.25) is 0 Å². The van der Waals surface area contributed by atoms with Gasteiger partial charge in [-0.2, -0.15) is 0 Å². The van der Waals surface area contributed by atoms with Gasteiger partial charge in [-0.1, -0.05) is 0 Å². The summed E-state index contributed by atoms with van der Waals surface area (Å²) in [5.74, 6) is 0.251. The van der Waals surface area contributed by atoms with E-state index in [2.05, 4.69) is 15.6 Å². The van der Waals surface area contributed by atoms with Gasteiger partial charge in [0.1, 0.15) is 18.2 Å². The number of benzene rings is 1. The number of halogens is 1. The molecule has 1 aromatic heterocycles. The van der Waals surface area contributed by atoms with Gasteiger partial charge in [-0.15, -0.1) is 0 Å². The van der Waals surface area contributed by atoms with Crippen LogP contribution in [0.25, 0.3) is 0 Å². The van der Waals surface area contributed by atoms with Crippen LogP contribution in [0.3, 0.4) is 0 Å². The van der Waals surface area contributed by atoms with E-state index in [-0.39, 0.29) is 17.9 Å². The van der Waals surface area contributed by atoms with E-state index in [1.165, 1.54) is 12.1 Å². The van der Waals surface area contributed by atoms with Gasteiger partial charge in [0.25, 0.3) is 0 Å². The average Bonchev–Trinajstić information content (AvgIpc) is 2.53. The molecule has 0 spiro atoms. The third kappa shape index (κ3) is 5.40. The second kappa shape index (κ2) is 7.97. The van der Waals surface area contributed by atoms with E-state index in [1.54, 1.807) is 24.5 Å². The van der Waals surface area contributed by atoms with Crippen LogP contribution in [0, 0.1) is 5.82 Å². The van der Waals surface area contributed by atoms with E-state index >= 15 is 0 Å². The normalized spacial score (nSPS) is 11.5.